The van der Waals surface area contributed by atoms with Gasteiger partial charge in [-0.15, -0.1) is 0 Å². The molecule has 0 aliphatic heterocycles. The standard InChI is InChI=1S/C18H22N2O3/c1-13(2)23-17-10-7-15(11-19-17)18(21)20(3)12-14-5-8-16(22-4)9-6-14/h5-11,13H,12H2,1-4H3. The SMILES string of the molecule is COc1ccc(CN(C)C(=O)c2ccc(OC(C)C)nc2)cc1. The molecule has 5 nitrogen and oxygen atoms in total. The molecular formula is C18H22N2O3. The zero-order valence-electron chi connectivity index (χ0n) is 13.9. The first-order valence-corrected chi connectivity index (χ1v) is 7.50. The van der Waals surface area contributed by atoms with E-state index in [1.54, 1.807) is 37.4 Å². The predicted molar refractivity (Wildman–Crippen MR) is 88.8 cm³/mol. The zero-order valence-corrected chi connectivity index (χ0v) is 13.9. The Morgan fingerprint density at radius 2 is 1.87 bits per heavy atom. The minimum atomic E-state index is -0.0792. The largest absolute Gasteiger partial charge is 0.497 e. The third-order valence-electron chi connectivity index (χ3n) is 3.27. The number of ether oxygens (including phenoxy) is 2. The highest BCUT2D eigenvalue weighted by Gasteiger charge is 2.13. The van der Waals surface area contributed by atoms with E-state index >= 15 is 0 Å². The summed E-state index contributed by atoms with van der Waals surface area (Å²) in [4.78, 5) is 18.2. The summed E-state index contributed by atoms with van der Waals surface area (Å²) in [5.41, 5.74) is 1.58. The van der Waals surface area contributed by atoms with Crippen molar-refractivity contribution in [2.45, 2.75) is 26.5 Å². The number of pyridine rings is 1. The van der Waals surface area contributed by atoms with E-state index in [1.165, 1.54) is 0 Å². The van der Waals surface area contributed by atoms with Gasteiger partial charge in [0.15, 0.2) is 0 Å². The fourth-order valence-electron chi connectivity index (χ4n) is 2.12. The molecule has 0 atom stereocenters. The van der Waals surface area contributed by atoms with Crippen molar-refractivity contribution < 1.29 is 14.3 Å². The van der Waals surface area contributed by atoms with Crippen molar-refractivity contribution in [2.75, 3.05) is 14.2 Å². The Hall–Kier alpha value is -2.56. The molecule has 0 bridgehead atoms. The number of nitrogens with zero attached hydrogens (tertiary/aromatic N) is 2. The molecular weight excluding hydrogens is 292 g/mol. The van der Waals surface area contributed by atoms with Crippen molar-refractivity contribution in [3.05, 3.63) is 53.7 Å². The molecule has 1 aromatic heterocycles. The third-order valence-corrected chi connectivity index (χ3v) is 3.27. The first-order chi connectivity index (χ1) is 11.0. The Kier molecular flexibility index (Phi) is 5.57. The van der Waals surface area contributed by atoms with Gasteiger partial charge in [-0.2, -0.15) is 0 Å². The van der Waals surface area contributed by atoms with E-state index in [2.05, 4.69) is 4.98 Å². The summed E-state index contributed by atoms with van der Waals surface area (Å²) >= 11 is 0. The van der Waals surface area contributed by atoms with Crippen LogP contribution in [0.2, 0.25) is 0 Å². The van der Waals surface area contributed by atoms with Gasteiger partial charge < -0.3 is 14.4 Å². The lowest BCUT2D eigenvalue weighted by atomic mass is 10.2. The highest BCUT2D eigenvalue weighted by atomic mass is 16.5. The monoisotopic (exact) mass is 314 g/mol. The average Bonchev–Trinajstić information content (AvgIpc) is 2.55. The zero-order chi connectivity index (χ0) is 16.8. The third kappa shape index (κ3) is 4.71. The van der Waals surface area contributed by atoms with Crippen molar-refractivity contribution in [2.24, 2.45) is 0 Å². The number of benzene rings is 1. The average molecular weight is 314 g/mol. The maximum atomic E-state index is 12.4. The summed E-state index contributed by atoms with van der Waals surface area (Å²) in [5.74, 6) is 1.24. The van der Waals surface area contributed by atoms with E-state index in [1.807, 2.05) is 38.1 Å². The Morgan fingerprint density at radius 1 is 1.17 bits per heavy atom. The van der Waals surface area contributed by atoms with Crippen LogP contribution in [0.3, 0.4) is 0 Å². The molecule has 1 aromatic carbocycles. The Labute approximate surface area is 136 Å². The molecule has 122 valence electrons. The number of methoxy groups -OCH3 is 1. The number of carbonyl (C=O) groups is 1. The molecule has 2 rings (SSSR count). The van der Waals surface area contributed by atoms with Crippen LogP contribution in [0.1, 0.15) is 29.8 Å². The lowest BCUT2D eigenvalue weighted by Gasteiger charge is -2.17. The minimum Gasteiger partial charge on any atom is -0.497 e. The molecule has 0 spiro atoms. The fraction of sp³-hybridized carbons (Fsp3) is 0.333. The smallest absolute Gasteiger partial charge is 0.255 e. The van der Waals surface area contributed by atoms with Gasteiger partial charge in [-0.05, 0) is 37.6 Å². The van der Waals surface area contributed by atoms with Gasteiger partial charge in [0.2, 0.25) is 5.88 Å². The molecule has 0 radical (unpaired) electrons. The number of hydrogen-bond acceptors (Lipinski definition) is 4. The van der Waals surface area contributed by atoms with E-state index in [4.69, 9.17) is 9.47 Å². The molecule has 1 amide bonds. The molecule has 0 unspecified atom stereocenters. The normalized spacial score (nSPS) is 10.5. The first-order valence-electron chi connectivity index (χ1n) is 7.50. The van der Waals surface area contributed by atoms with Crippen molar-refractivity contribution >= 4 is 5.91 Å². The Morgan fingerprint density at radius 3 is 2.39 bits per heavy atom. The maximum absolute atomic E-state index is 12.4. The van der Waals surface area contributed by atoms with Crippen LogP contribution in [0.4, 0.5) is 0 Å². The van der Waals surface area contributed by atoms with Crippen LogP contribution in [0.5, 0.6) is 11.6 Å². The molecule has 1 heterocycles. The fourth-order valence-corrected chi connectivity index (χ4v) is 2.12. The van der Waals surface area contributed by atoms with Crippen LogP contribution in [0.25, 0.3) is 0 Å². The van der Waals surface area contributed by atoms with Gasteiger partial charge in [-0.25, -0.2) is 4.98 Å². The van der Waals surface area contributed by atoms with Crippen LogP contribution in [0.15, 0.2) is 42.6 Å². The molecule has 0 saturated carbocycles. The summed E-state index contributed by atoms with van der Waals surface area (Å²) in [6.07, 6.45) is 1.60. The molecule has 0 fully saturated rings. The van der Waals surface area contributed by atoms with Crippen molar-refractivity contribution in [1.29, 1.82) is 0 Å². The lowest BCUT2D eigenvalue weighted by Crippen LogP contribution is -2.26. The predicted octanol–water partition coefficient (Wildman–Crippen LogP) is 3.15. The van der Waals surface area contributed by atoms with Crippen LogP contribution in [0, 0.1) is 0 Å². The maximum Gasteiger partial charge on any atom is 0.255 e. The summed E-state index contributed by atoms with van der Waals surface area (Å²) < 4.78 is 10.6. The van der Waals surface area contributed by atoms with Gasteiger partial charge in [-0.1, -0.05) is 12.1 Å². The summed E-state index contributed by atoms with van der Waals surface area (Å²) in [6, 6.07) is 11.1. The number of carbonyl (C=O) groups excluding carboxylic acids is 1. The van der Waals surface area contributed by atoms with E-state index in [0.29, 0.717) is 18.0 Å². The molecule has 5 heteroatoms. The second-order valence-corrected chi connectivity index (χ2v) is 5.56. The van der Waals surface area contributed by atoms with Gasteiger partial charge in [0.1, 0.15) is 5.75 Å². The van der Waals surface area contributed by atoms with Crippen LogP contribution < -0.4 is 9.47 Å². The van der Waals surface area contributed by atoms with Gasteiger partial charge in [0, 0.05) is 25.9 Å². The Bertz CT molecular complexity index is 636. The minimum absolute atomic E-state index is 0.0572. The molecule has 0 aliphatic rings. The van der Waals surface area contributed by atoms with Crippen molar-refractivity contribution in [3.8, 4) is 11.6 Å². The second kappa shape index (κ2) is 7.63. The topological polar surface area (TPSA) is 51.7 Å². The number of hydrogen-bond donors (Lipinski definition) is 0. The highest BCUT2D eigenvalue weighted by molar-refractivity contribution is 5.93. The lowest BCUT2D eigenvalue weighted by molar-refractivity contribution is 0.0784. The molecule has 23 heavy (non-hydrogen) atoms. The highest BCUT2D eigenvalue weighted by Crippen LogP contribution is 2.15. The van der Waals surface area contributed by atoms with Crippen LogP contribution >= 0.6 is 0 Å². The summed E-state index contributed by atoms with van der Waals surface area (Å²) in [5, 5.41) is 0. The molecule has 0 saturated heterocycles. The van der Waals surface area contributed by atoms with Gasteiger partial charge in [0.25, 0.3) is 5.91 Å². The first kappa shape index (κ1) is 16.8. The van der Waals surface area contributed by atoms with Gasteiger partial charge in [0.05, 0.1) is 18.8 Å². The number of amides is 1. The van der Waals surface area contributed by atoms with E-state index in [9.17, 15) is 4.79 Å². The second-order valence-electron chi connectivity index (χ2n) is 5.56. The van der Waals surface area contributed by atoms with Crippen LogP contribution in [-0.2, 0) is 6.54 Å². The summed E-state index contributed by atoms with van der Waals surface area (Å²) in [6.45, 7) is 4.39. The molecule has 2 aromatic rings. The Balaban J connectivity index is 2.00. The number of aromatic nitrogens is 1. The van der Waals surface area contributed by atoms with Gasteiger partial charge >= 0.3 is 0 Å². The van der Waals surface area contributed by atoms with Crippen molar-refractivity contribution in [1.82, 2.24) is 9.88 Å². The molecule has 0 aliphatic carbocycles. The molecule has 0 N–H and O–H groups in total. The number of rotatable bonds is 6. The van der Waals surface area contributed by atoms with E-state index in [-0.39, 0.29) is 12.0 Å². The van der Waals surface area contributed by atoms with Crippen molar-refractivity contribution in [3.63, 3.8) is 0 Å². The van der Waals surface area contributed by atoms with E-state index < -0.39 is 0 Å². The van der Waals surface area contributed by atoms with Gasteiger partial charge in [-0.3, -0.25) is 4.79 Å². The summed E-state index contributed by atoms with van der Waals surface area (Å²) in [7, 11) is 3.40. The van der Waals surface area contributed by atoms with E-state index in [0.717, 1.165) is 11.3 Å². The quantitative estimate of drug-likeness (QED) is 0.822. The van der Waals surface area contributed by atoms with Crippen LogP contribution in [-0.4, -0.2) is 36.1 Å².